The maximum atomic E-state index is 12.9. The molecule has 1 aliphatic carbocycles. The molecule has 0 aromatic heterocycles. The quantitative estimate of drug-likeness (QED) is 0.433. The van der Waals surface area contributed by atoms with E-state index < -0.39 is 38.6 Å². The highest BCUT2D eigenvalue weighted by atomic mass is 32.2. The Balaban J connectivity index is 2.17. The van der Waals surface area contributed by atoms with Crippen molar-refractivity contribution in [3.63, 3.8) is 0 Å². The normalized spacial score (nSPS) is 17.1. The lowest BCUT2D eigenvalue weighted by Crippen LogP contribution is -2.52. The van der Waals surface area contributed by atoms with E-state index in [1.54, 1.807) is 52.1 Å². The molecule has 1 unspecified atom stereocenters. The first kappa shape index (κ1) is 25.1. The zero-order valence-electron chi connectivity index (χ0n) is 18.7. The molecule has 2 atom stereocenters. The van der Waals surface area contributed by atoms with Crippen LogP contribution in [0.25, 0.3) is 0 Å². The highest BCUT2D eigenvalue weighted by Gasteiger charge is 2.43. The third kappa shape index (κ3) is 7.50. The van der Waals surface area contributed by atoms with Crippen molar-refractivity contribution in [2.45, 2.75) is 64.0 Å². The average molecular weight is 455 g/mol. The van der Waals surface area contributed by atoms with Gasteiger partial charge in [0.15, 0.2) is 15.8 Å². The molecule has 1 saturated carbocycles. The molecule has 174 valence electrons. The van der Waals surface area contributed by atoms with Gasteiger partial charge < -0.3 is 20.5 Å². The topological polar surface area (TPSA) is 125 Å². The molecule has 0 saturated heterocycles. The Morgan fingerprint density at radius 3 is 2.26 bits per heavy atom. The van der Waals surface area contributed by atoms with Crippen LogP contribution in [0.3, 0.4) is 0 Å². The van der Waals surface area contributed by atoms with Gasteiger partial charge in [-0.3, -0.25) is 9.59 Å². The zero-order valence-corrected chi connectivity index (χ0v) is 19.5. The average Bonchev–Trinajstić information content (AvgIpc) is 3.17. The number of sulfone groups is 1. The van der Waals surface area contributed by atoms with Gasteiger partial charge in [0.05, 0.1) is 12.9 Å². The molecule has 0 aliphatic heterocycles. The number of esters is 1. The number of carbonyl (C=O) groups excluding carboxylic acids is 2. The molecule has 31 heavy (non-hydrogen) atoms. The van der Waals surface area contributed by atoms with Crippen molar-refractivity contribution in [3.8, 4) is 5.75 Å². The van der Waals surface area contributed by atoms with Crippen LogP contribution in [0.4, 0.5) is 0 Å². The van der Waals surface area contributed by atoms with E-state index in [0.717, 1.165) is 31.2 Å². The van der Waals surface area contributed by atoms with E-state index in [-0.39, 0.29) is 18.2 Å². The maximum absolute atomic E-state index is 12.9. The highest BCUT2D eigenvalue weighted by Crippen LogP contribution is 2.28. The summed E-state index contributed by atoms with van der Waals surface area (Å²) in [7, 11) is -2.33. The number of rotatable bonds is 9. The van der Waals surface area contributed by atoms with Crippen molar-refractivity contribution in [1.82, 2.24) is 5.32 Å². The second-order valence-corrected chi connectivity index (χ2v) is 11.2. The summed E-state index contributed by atoms with van der Waals surface area (Å²) in [4.78, 5) is 25.7. The molecule has 0 radical (unpaired) electrons. The van der Waals surface area contributed by atoms with Crippen molar-refractivity contribution in [2.75, 3.05) is 12.9 Å². The summed E-state index contributed by atoms with van der Waals surface area (Å²) in [6.45, 7) is 5.05. The lowest BCUT2D eigenvalue weighted by molar-refractivity contribution is -0.162. The van der Waals surface area contributed by atoms with Crippen LogP contribution < -0.4 is 15.8 Å². The molecule has 1 amide bonds. The van der Waals surface area contributed by atoms with E-state index in [0.29, 0.717) is 5.75 Å². The molecule has 1 aromatic rings. The van der Waals surface area contributed by atoms with Crippen LogP contribution in [-0.4, -0.2) is 44.1 Å². The molecule has 0 heterocycles. The Morgan fingerprint density at radius 2 is 1.74 bits per heavy atom. The van der Waals surface area contributed by atoms with Gasteiger partial charge in [0.1, 0.15) is 16.7 Å². The van der Waals surface area contributed by atoms with E-state index in [1.165, 1.54) is 0 Å². The van der Waals surface area contributed by atoms with E-state index >= 15 is 0 Å². The molecular formula is C22H34N2O6S. The van der Waals surface area contributed by atoms with E-state index in [4.69, 9.17) is 15.2 Å². The third-order valence-electron chi connectivity index (χ3n) is 5.25. The molecule has 2 rings (SSSR count). The van der Waals surface area contributed by atoms with Crippen molar-refractivity contribution in [3.05, 3.63) is 29.8 Å². The van der Waals surface area contributed by atoms with Crippen LogP contribution >= 0.6 is 0 Å². The summed E-state index contributed by atoms with van der Waals surface area (Å²) in [5.41, 5.74) is 5.91. The molecule has 3 N–H and O–H groups in total. The Labute approximate surface area is 184 Å². The first-order valence-corrected chi connectivity index (χ1v) is 12.2. The van der Waals surface area contributed by atoms with Gasteiger partial charge in [-0.15, -0.1) is 0 Å². The van der Waals surface area contributed by atoms with Crippen LogP contribution in [0.5, 0.6) is 5.75 Å². The van der Waals surface area contributed by atoms with Gasteiger partial charge in [-0.1, -0.05) is 25.0 Å². The number of amides is 1. The minimum atomic E-state index is -3.88. The van der Waals surface area contributed by atoms with E-state index in [1.807, 2.05) is 0 Å². The van der Waals surface area contributed by atoms with Crippen LogP contribution in [0.1, 0.15) is 52.0 Å². The Bertz CT molecular complexity index is 855. The van der Waals surface area contributed by atoms with Crippen LogP contribution in [0.2, 0.25) is 0 Å². The summed E-state index contributed by atoms with van der Waals surface area (Å²) < 4.78 is 36.3. The number of nitrogens with one attached hydrogen (secondary N) is 1. The fraction of sp³-hybridized carbons (Fsp3) is 0.636. The van der Waals surface area contributed by atoms with Gasteiger partial charge in [0.25, 0.3) is 0 Å². The molecule has 9 heteroatoms. The first-order chi connectivity index (χ1) is 14.4. The first-order valence-electron chi connectivity index (χ1n) is 10.5. The second kappa shape index (κ2) is 10.5. The molecule has 1 aromatic carbocycles. The van der Waals surface area contributed by atoms with Crippen molar-refractivity contribution >= 4 is 21.7 Å². The maximum Gasteiger partial charge on any atom is 0.321 e. The number of hydrogen-bond donors (Lipinski definition) is 2. The molecule has 0 bridgehead atoms. The summed E-state index contributed by atoms with van der Waals surface area (Å²) >= 11 is 0. The second-order valence-electron chi connectivity index (χ2n) is 9.02. The zero-order chi connectivity index (χ0) is 23.2. The SMILES string of the molecule is COc1ccc(CNC(=O)[C@@H](C(=O)OC(C)(C)C)C(N)S(=O)(=O)CC2CCCC2)cc1. The van der Waals surface area contributed by atoms with Crippen molar-refractivity contribution in [1.29, 1.82) is 0 Å². The number of benzene rings is 1. The minimum Gasteiger partial charge on any atom is -0.497 e. The third-order valence-corrected chi connectivity index (χ3v) is 7.29. The molecule has 1 fully saturated rings. The Hall–Kier alpha value is -2.13. The smallest absolute Gasteiger partial charge is 0.321 e. The molecule has 0 spiro atoms. The van der Waals surface area contributed by atoms with Crippen molar-refractivity contribution in [2.24, 2.45) is 17.6 Å². The predicted molar refractivity (Wildman–Crippen MR) is 118 cm³/mol. The number of carbonyl (C=O) groups is 2. The standard InChI is InChI=1S/C22H34N2O6S/c1-22(2,3)30-21(26)18(19(23)31(27,28)14-16-7-5-6-8-16)20(25)24-13-15-9-11-17(29-4)12-10-15/h9-12,16,18-19H,5-8,13-14,23H2,1-4H3,(H,24,25)/t18-,19?/m0/s1. The fourth-order valence-corrected chi connectivity index (χ4v) is 5.48. The predicted octanol–water partition coefficient (Wildman–Crippen LogP) is 2.16. The number of nitrogens with two attached hydrogens (primary N) is 1. The fourth-order valence-electron chi connectivity index (χ4n) is 3.62. The molecule has 1 aliphatic rings. The Morgan fingerprint density at radius 1 is 1.16 bits per heavy atom. The number of ether oxygens (including phenoxy) is 2. The van der Waals surface area contributed by atoms with Gasteiger partial charge in [0.2, 0.25) is 5.91 Å². The van der Waals surface area contributed by atoms with Crippen LogP contribution in [-0.2, 0) is 30.7 Å². The van der Waals surface area contributed by atoms with Gasteiger partial charge in [0, 0.05) is 6.54 Å². The highest BCUT2D eigenvalue weighted by molar-refractivity contribution is 7.92. The lowest BCUT2D eigenvalue weighted by atomic mass is 10.1. The summed E-state index contributed by atoms with van der Waals surface area (Å²) in [6, 6.07) is 7.01. The van der Waals surface area contributed by atoms with Crippen LogP contribution in [0.15, 0.2) is 24.3 Å². The van der Waals surface area contributed by atoms with Crippen molar-refractivity contribution < 1.29 is 27.5 Å². The van der Waals surface area contributed by atoms with Gasteiger partial charge in [-0.05, 0) is 57.2 Å². The lowest BCUT2D eigenvalue weighted by Gasteiger charge is -2.27. The number of methoxy groups -OCH3 is 1. The van der Waals surface area contributed by atoms with Gasteiger partial charge in [-0.25, -0.2) is 8.42 Å². The van der Waals surface area contributed by atoms with Crippen LogP contribution in [0, 0.1) is 11.8 Å². The van der Waals surface area contributed by atoms with Gasteiger partial charge >= 0.3 is 5.97 Å². The van der Waals surface area contributed by atoms with E-state index in [2.05, 4.69) is 5.32 Å². The monoisotopic (exact) mass is 454 g/mol. The molecule has 8 nitrogen and oxygen atoms in total. The minimum absolute atomic E-state index is 0.0118. The molecular weight excluding hydrogens is 420 g/mol. The Kier molecular flexibility index (Phi) is 8.48. The summed E-state index contributed by atoms with van der Waals surface area (Å²) in [6.07, 6.45) is 3.58. The summed E-state index contributed by atoms with van der Waals surface area (Å²) in [5, 5.41) is 0.957. The number of hydrogen-bond acceptors (Lipinski definition) is 7. The van der Waals surface area contributed by atoms with Gasteiger partial charge in [-0.2, -0.15) is 0 Å². The van der Waals surface area contributed by atoms with E-state index in [9.17, 15) is 18.0 Å². The summed E-state index contributed by atoms with van der Waals surface area (Å²) in [5.74, 6) is -2.81. The largest absolute Gasteiger partial charge is 0.497 e.